The molecule has 174 valence electrons. The number of nitrogens with zero attached hydrogens (tertiary/aromatic N) is 1. The van der Waals surface area contributed by atoms with Gasteiger partial charge in [0.25, 0.3) is 5.91 Å². The van der Waals surface area contributed by atoms with E-state index < -0.39 is 6.04 Å². The first-order valence-corrected chi connectivity index (χ1v) is 11.1. The van der Waals surface area contributed by atoms with Crippen molar-refractivity contribution in [3.8, 4) is 11.5 Å². The van der Waals surface area contributed by atoms with E-state index in [2.05, 4.69) is 5.32 Å². The van der Waals surface area contributed by atoms with E-state index in [0.717, 1.165) is 16.7 Å². The average molecular weight is 441 g/mol. The molecule has 0 saturated carbocycles. The molecule has 0 aliphatic rings. The molecular weight excluding hydrogens is 404 g/mol. The molecule has 0 aromatic heterocycles. The first-order valence-electron chi connectivity index (χ1n) is 11.1. The van der Waals surface area contributed by atoms with Gasteiger partial charge in [-0.15, -0.1) is 0 Å². The van der Waals surface area contributed by atoms with E-state index in [1.165, 1.54) is 0 Å². The Labute approximate surface area is 191 Å². The topological polar surface area (TPSA) is 67.9 Å². The maximum Gasteiger partial charge on any atom is 0.261 e. The number of aryl methyl sites for hydroxylation is 2. The molecule has 0 aliphatic carbocycles. The van der Waals surface area contributed by atoms with Gasteiger partial charge in [-0.2, -0.15) is 0 Å². The van der Waals surface area contributed by atoms with E-state index in [0.29, 0.717) is 36.9 Å². The summed E-state index contributed by atoms with van der Waals surface area (Å²) in [4.78, 5) is 27.9. The van der Waals surface area contributed by atoms with E-state index in [1.807, 2.05) is 77.1 Å². The number of carbonyl (C=O) groups is 2. The number of amides is 2. The van der Waals surface area contributed by atoms with Crippen LogP contribution in [-0.2, 0) is 16.1 Å². The fourth-order valence-electron chi connectivity index (χ4n) is 3.39. The number of hydrogen-bond donors (Lipinski definition) is 1. The van der Waals surface area contributed by atoms with Crippen molar-refractivity contribution in [2.75, 3.05) is 20.3 Å². The first-order chi connectivity index (χ1) is 15.2. The minimum atomic E-state index is -0.588. The zero-order valence-electron chi connectivity index (χ0n) is 20.1. The Morgan fingerprint density at radius 2 is 1.84 bits per heavy atom. The molecule has 1 atom stereocenters. The van der Waals surface area contributed by atoms with Crippen LogP contribution < -0.4 is 14.8 Å². The number of nitrogens with one attached hydrogen (secondary N) is 1. The Bertz CT molecular complexity index is 910. The van der Waals surface area contributed by atoms with Gasteiger partial charge in [0.2, 0.25) is 5.91 Å². The van der Waals surface area contributed by atoms with Crippen molar-refractivity contribution in [2.24, 2.45) is 5.92 Å². The van der Waals surface area contributed by atoms with Crippen LogP contribution in [0.25, 0.3) is 0 Å². The SMILES string of the molecule is CC[C@@H](C(=O)NCC(C)C)N(Cc1cccc(OC)c1)C(=O)COc1cc(C)ccc1C. The molecule has 32 heavy (non-hydrogen) atoms. The van der Waals surface area contributed by atoms with Gasteiger partial charge in [-0.05, 0) is 61.1 Å². The number of ether oxygens (including phenoxy) is 2. The summed E-state index contributed by atoms with van der Waals surface area (Å²) >= 11 is 0. The number of carbonyl (C=O) groups excluding carboxylic acids is 2. The van der Waals surface area contributed by atoms with Gasteiger partial charge in [0.1, 0.15) is 17.5 Å². The van der Waals surface area contributed by atoms with Gasteiger partial charge in [0.05, 0.1) is 7.11 Å². The predicted octanol–water partition coefficient (Wildman–Crippen LogP) is 4.27. The summed E-state index contributed by atoms with van der Waals surface area (Å²) in [6, 6.07) is 12.8. The highest BCUT2D eigenvalue weighted by atomic mass is 16.5. The second kappa shape index (κ2) is 12.1. The lowest BCUT2D eigenvalue weighted by Crippen LogP contribution is -2.50. The maximum atomic E-state index is 13.3. The van der Waals surface area contributed by atoms with Crippen LogP contribution in [0.3, 0.4) is 0 Å². The lowest BCUT2D eigenvalue weighted by Gasteiger charge is -2.31. The lowest BCUT2D eigenvalue weighted by atomic mass is 10.1. The van der Waals surface area contributed by atoms with Crippen LogP contribution in [0.5, 0.6) is 11.5 Å². The fraction of sp³-hybridized carbons (Fsp3) is 0.462. The first kappa shape index (κ1) is 25.2. The number of hydrogen-bond acceptors (Lipinski definition) is 4. The van der Waals surface area contributed by atoms with Gasteiger partial charge in [0.15, 0.2) is 6.61 Å². The smallest absolute Gasteiger partial charge is 0.261 e. The molecule has 0 fully saturated rings. The summed E-state index contributed by atoms with van der Waals surface area (Å²) in [6.07, 6.45) is 0.503. The van der Waals surface area contributed by atoms with Crippen LogP contribution in [0.4, 0.5) is 0 Å². The molecule has 2 aromatic carbocycles. The molecule has 6 nitrogen and oxygen atoms in total. The normalized spacial score (nSPS) is 11.7. The van der Waals surface area contributed by atoms with E-state index in [1.54, 1.807) is 12.0 Å². The number of benzene rings is 2. The third kappa shape index (κ3) is 7.29. The molecule has 0 saturated heterocycles. The van der Waals surface area contributed by atoms with E-state index in [9.17, 15) is 9.59 Å². The molecule has 6 heteroatoms. The molecule has 0 unspecified atom stereocenters. The van der Waals surface area contributed by atoms with Crippen LogP contribution in [0.1, 0.15) is 43.9 Å². The number of methoxy groups -OCH3 is 1. The largest absolute Gasteiger partial charge is 0.497 e. The van der Waals surface area contributed by atoms with Crippen molar-refractivity contribution in [2.45, 2.75) is 53.6 Å². The highest BCUT2D eigenvalue weighted by Gasteiger charge is 2.29. The van der Waals surface area contributed by atoms with Gasteiger partial charge >= 0.3 is 0 Å². The molecule has 2 aromatic rings. The molecule has 0 bridgehead atoms. The molecule has 2 amide bonds. The summed E-state index contributed by atoms with van der Waals surface area (Å²) in [6.45, 7) is 10.6. The van der Waals surface area contributed by atoms with Crippen molar-refractivity contribution < 1.29 is 19.1 Å². The predicted molar refractivity (Wildman–Crippen MR) is 127 cm³/mol. The molecule has 2 rings (SSSR count). The fourth-order valence-corrected chi connectivity index (χ4v) is 3.39. The maximum absolute atomic E-state index is 13.3. The summed E-state index contributed by atoms with van der Waals surface area (Å²) in [7, 11) is 1.61. The van der Waals surface area contributed by atoms with Gasteiger partial charge in [-0.1, -0.05) is 45.0 Å². The third-order valence-corrected chi connectivity index (χ3v) is 5.25. The Kier molecular flexibility index (Phi) is 9.57. The molecule has 0 heterocycles. The standard InChI is InChI=1S/C26H36N2O4/c1-7-23(26(30)27-15-18(2)3)28(16-21-9-8-10-22(14-21)31-6)25(29)17-32-24-13-19(4)11-12-20(24)5/h8-14,18,23H,7,15-17H2,1-6H3,(H,27,30)/t23-/m0/s1. The zero-order valence-corrected chi connectivity index (χ0v) is 20.1. The third-order valence-electron chi connectivity index (χ3n) is 5.25. The quantitative estimate of drug-likeness (QED) is 0.567. The average Bonchev–Trinajstić information content (AvgIpc) is 2.78. The Hall–Kier alpha value is -3.02. The summed E-state index contributed by atoms with van der Waals surface area (Å²) in [5, 5.41) is 2.97. The van der Waals surface area contributed by atoms with Crippen LogP contribution in [-0.4, -0.2) is 43.0 Å². The summed E-state index contributed by atoms with van der Waals surface area (Å²) < 4.78 is 11.2. The van der Waals surface area contributed by atoms with Crippen LogP contribution in [0.15, 0.2) is 42.5 Å². The second-order valence-corrected chi connectivity index (χ2v) is 8.49. The van der Waals surface area contributed by atoms with Crippen LogP contribution >= 0.6 is 0 Å². The second-order valence-electron chi connectivity index (χ2n) is 8.49. The lowest BCUT2D eigenvalue weighted by molar-refractivity contribution is -0.143. The van der Waals surface area contributed by atoms with Crippen molar-refractivity contribution in [1.29, 1.82) is 0 Å². The molecule has 1 N–H and O–H groups in total. The molecule has 0 aliphatic heterocycles. The van der Waals surface area contributed by atoms with Crippen LogP contribution in [0, 0.1) is 19.8 Å². The van der Waals surface area contributed by atoms with Gasteiger partial charge in [-0.25, -0.2) is 0 Å². The van der Waals surface area contributed by atoms with Gasteiger partial charge < -0.3 is 19.7 Å². The van der Waals surface area contributed by atoms with Crippen molar-refractivity contribution in [1.82, 2.24) is 10.2 Å². The van der Waals surface area contributed by atoms with E-state index >= 15 is 0 Å². The molecule has 0 spiro atoms. The highest BCUT2D eigenvalue weighted by molar-refractivity contribution is 5.88. The van der Waals surface area contributed by atoms with Crippen molar-refractivity contribution in [3.63, 3.8) is 0 Å². The Morgan fingerprint density at radius 1 is 1.09 bits per heavy atom. The van der Waals surface area contributed by atoms with E-state index in [4.69, 9.17) is 9.47 Å². The van der Waals surface area contributed by atoms with Gasteiger partial charge in [0, 0.05) is 13.1 Å². The minimum absolute atomic E-state index is 0.137. The number of rotatable bonds is 11. The summed E-state index contributed by atoms with van der Waals surface area (Å²) in [5.41, 5.74) is 2.91. The van der Waals surface area contributed by atoms with E-state index in [-0.39, 0.29) is 18.4 Å². The Morgan fingerprint density at radius 3 is 2.50 bits per heavy atom. The monoisotopic (exact) mass is 440 g/mol. The molecule has 0 radical (unpaired) electrons. The highest BCUT2D eigenvalue weighted by Crippen LogP contribution is 2.21. The van der Waals surface area contributed by atoms with Crippen LogP contribution in [0.2, 0.25) is 0 Å². The zero-order chi connectivity index (χ0) is 23.7. The van der Waals surface area contributed by atoms with Crippen molar-refractivity contribution in [3.05, 3.63) is 59.2 Å². The minimum Gasteiger partial charge on any atom is -0.497 e. The van der Waals surface area contributed by atoms with Crippen molar-refractivity contribution >= 4 is 11.8 Å². The Balaban J connectivity index is 2.25. The molecular formula is C26H36N2O4. The summed E-state index contributed by atoms with van der Waals surface area (Å²) in [5.74, 6) is 1.33. The van der Waals surface area contributed by atoms with Gasteiger partial charge in [-0.3, -0.25) is 9.59 Å².